The Balaban J connectivity index is 1.89. The van der Waals surface area contributed by atoms with Gasteiger partial charge in [-0.25, -0.2) is 0 Å². The van der Waals surface area contributed by atoms with Gasteiger partial charge in [0.1, 0.15) is 0 Å². The zero-order chi connectivity index (χ0) is 18.8. The fourth-order valence-electron chi connectivity index (χ4n) is 3.02. The predicted molar refractivity (Wildman–Crippen MR) is 111 cm³/mol. The smallest absolute Gasteiger partial charge is 0.257 e. The van der Waals surface area contributed by atoms with Crippen molar-refractivity contribution in [3.63, 3.8) is 0 Å². The number of hydrogen-bond donors (Lipinski definition) is 1. The molecule has 0 aliphatic heterocycles. The Hall–Kier alpha value is -2.24. The number of aromatic nitrogens is 1. The number of nitrogens with one attached hydrogen (secondary N) is 1. The van der Waals surface area contributed by atoms with Gasteiger partial charge in [0.2, 0.25) is 0 Å². The van der Waals surface area contributed by atoms with E-state index in [0.717, 1.165) is 23.6 Å². The lowest BCUT2D eigenvalue weighted by molar-refractivity contribution is 0.102. The lowest BCUT2D eigenvalue weighted by Crippen LogP contribution is -2.17. The summed E-state index contributed by atoms with van der Waals surface area (Å²) in [5.41, 5.74) is 4.33. The lowest BCUT2D eigenvalue weighted by Gasteiger charge is -2.18. The molecule has 6 heteroatoms. The average Bonchev–Trinajstić information content (AvgIpc) is 3.18. The van der Waals surface area contributed by atoms with E-state index in [1.54, 1.807) is 17.4 Å². The molecule has 0 atom stereocenters. The molecule has 2 aromatic heterocycles. The number of anilines is 2. The van der Waals surface area contributed by atoms with E-state index in [2.05, 4.69) is 21.3 Å². The molecule has 1 aromatic carbocycles. The molecule has 0 bridgehead atoms. The van der Waals surface area contributed by atoms with Crippen LogP contribution in [0.1, 0.15) is 26.6 Å². The first-order valence-corrected chi connectivity index (χ1v) is 9.60. The maximum Gasteiger partial charge on any atom is 0.257 e. The molecule has 0 fully saturated rings. The summed E-state index contributed by atoms with van der Waals surface area (Å²) in [5.74, 6) is -0.124. The van der Waals surface area contributed by atoms with Crippen molar-refractivity contribution in [2.75, 3.05) is 24.3 Å². The van der Waals surface area contributed by atoms with E-state index >= 15 is 0 Å². The van der Waals surface area contributed by atoms with Crippen LogP contribution in [-0.4, -0.2) is 24.6 Å². The summed E-state index contributed by atoms with van der Waals surface area (Å²) in [6.07, 6.45) is 0. The van der Waals surface area contributed by atoms with Gasteiger partial charge in [0.15, 0.2) is 0 Å². The molecule has 0 radical (unpaired) electrons. The topological polar surface area (TPSA) is 37.3 Å². The third-order valence-electron chi connectivity index (χ3n) is 4.40. The van der Waals surface area contributed by atoms with Crippen LogP contribution in [0, 0.1) is 13.8 Å². The van der Waals surface area contributed by atoms with Crippen molar-refractivity contribution in [2.45, 2.75) is 20.4 Å². The van der Waals surface area contributed by atoms with Crippen LogP contribution in [0.5, 0.6) is 0 Å². The molecule has 1 N–H and O–H groups in total. The van der Waals surface area contributed by atoms with E-state index in [-0.39, 0.29) is 5.91 Å². The zero-order valence-electron chi connectivity index (χ0n) is 15.3. The van der Waals surface area contributed by atoms with Crippen molar-refractivity contribution in [3.05, 3.63) is 68.6 Å². The van der Waals surface area contributed by atoms with Gasteiger partial charge in [-0.3, -0.25) is 4.79 Å². The number of amides is 1. The van der Waals surface area contributed by atoms with Gasteiger partial charge < -0.3 is 14.8 Å². The summed E-state index contributed by atoms with van der Waals surface area (Å²) in [7, 11) is 3.87. The number of rotatable bonds is 5. The number of benzene rings is 1. The van der Waals surface area contributed by atoms with Crippen LogP contribution < -0.4 is 10.2 Å². The molecule has 136 valence electrons. The molecule has 0 spiro atoms. The van der Waals surface area contributed by atoms with Crippen LogP contribution in [0.3, 0.4) is 0 Å². The Morgan fingerprint density at radius 3 is 2.65 bits per heavy atom. The number of carbonyl (C=O) groups is 1. The largest absolute Gasteiger partial charge is 0.376 e. The number of thiophene rings is 1. The molecule has 0 saturated carbocycles. The van der Waals surface area contributed by atoms with Crippen molar-refractivity contribution in [1.29, 1.82) is 0 Å². The summed E-state index contributed by atoms with van der Waals surface area (Å²) in [5, 5.41) is 5.67. The standard InChI is InChI=1S/C20H22ClN3OS/c1-13-10-17(14(2)24(13)12-16-6-5-9-26-16)20(25)22-18-11-15(21)7-8-19(18)23(3)4/h5-11H,12H2,1-4H3,(H,22,25). The second-order valence-electron chi connectivity index (χ2n) is 6.46. The summed E-state index contributed by atoms with van der Waals surface area (Å²) >= 11 is 7.84. The molecule has 0 aliphatic rings. The van der Waals surface area contributed by atoms with Crippen LogP contribution in [0.2, 0.25) is 5.02 Å². The first kappa shape index (κ1) is 18.5. The van der Waals surface area contributed by atoms with E-state index in [9.17, 15) is 4.79 Å². The fraction of sp³-hybridized carbons (Fsp3) is 0.250. The quantitative estimate of drug-likeness (QED) is 0.654. The summed E-state index contributed by atoms with van der Waals surface area (Å²) in [6.45, 7) is 4.80. The zero-order valence-corrected chi connectivity index (χ0v) is 16.9. The minimum Gasteiger partial charge on any atom is -0.376 e. The van der Waals surface area contributed by atoms with Crippen LogP contribution in [0.25, 0.3) is 0 Å². The summed E-state index contributed by atoms with van der Waals surface area (Å²) < 4.78 is 2.17. The highest BCUT2D eigenvalue weighted by atomic mass is 35.5. The van der Waals surface area contributed by atoms with Crippen LogP contribution in [-0.2, 0) is 6.54 Å². The van der Waals surface area contributed by atoms with Gasteiger partial charge in [-0.15, -0.1) is 11.3 Å². The maximum atomic E-state index is 12.9. The van der Waals surface area contributed by atoms with Gasteiger partial charge >= 0.3 is 0 Å². The van der Waals surface area contributed by atoms with E-state index in [1.807, 2.05) is 57.1 Å². The Bertz CT molecular complexity index is 929. The average molecular weight is 388 g/mol. The predicted octanol–water partition coefficient (Wildman–Crippen LogP) is 5.19. The van der Waals surface area contributed by atoms with Gasteiger partial charge in [-0.05, 0) is 49.6 Å². The number of carbonyl (C=O) groups excluding carboxylic acids is 1. The van der Waals surface area contributed by atoms with Crippen molar-refractivity contribution >= 4 is 40.2 Å². The van der Waals surface area contributed by atoms with Gasteiger partial charge in [-0.1, -0.05) is 17.7 Å². The van der Waals surface area contributed by atoms with Crippen LogP contribution in [0.15, 0.2) is 41.8 Å². The third-order valence-corrected chi connectivity index (χ3v) is 5.50. The van der Waals surface area contributed by atoms with E-state index in [0.29, 0.717) is 16.3 Å². The van der Waals surface area contributed by atoms with E-state index < -0.39 is 0 Å². The van der Waals surface area contributed by atoms with Gasteiger partial charge in [0, 0.05) is 35.4 Å². The highest BCUT2D eigenvalue weighted by molar-refractivity contribution is 7.09. The lowest BCUT2D eigenvalue weighted by atomic mass is 10.2. The van der Waals surface area contributed by atoms with Gasteiger partial charge in [-0.2, -0.15) is 0 Å². The minimum absolute atomic E-state index is 0.124. The summed E-state index contributed by atoms with van der Waals surface area (Å²) in [4.78, 5) is 16.1. The first-order chi connectivity index (χ1) is 12.4. The second-order valence-corrected chi connectivity index (χ2v) is 7.93. The monoisotopic (exact) mass is 387 g/mol. The third kappa shape index (κ3) is 3.79. The fourth-order valence-corrected chi connectivity index (χ4v) is 3.89. The SMILES string of the molecule is Cc1cc(C(=O)Nc2cc(Cl)ccc2N(C)C)c(C)n1Cc1cccs1. The molecule has 0 unspecified atom stereocenters. The molecule has 26 heavy (non-hydrogen) atoms. The van der Waals surface area contributed by atoms with E-state index in [1.165, 1.54) is 4.88 Å². The molecule has 3 rings (SSSR count). The molecule has 4 nitrogen and oxygen atoms in total. The highest BCUT2D eigenvalue weighted by Crippen LogP contribution is 2.29. The molecule has 0 saturated heterocycles. The highest BCUT2D eigenvalue weighted by Gasteiger charge is 2.18. The second kappa shape index (κ2) is 7.56. The van der Waals surface area contributed by atoms with Gasteiger partial charge in [0.25, 0.3) is 5.91 Å². The minimum atomic E-state index is -0.124. The molecule has 2 heterocycles. The first-order valence-electron chi connectivity index (χ1n) is 8.34. The van der Waals surface area contributed by atoms with E-state index in [4.69, 9.17) is 11.6 Å². The normalized spacial score (nSPS) is 10.8. The molecule has 1 amide bonds. The van der Waals surface area contributed by atoms with Crippen molar-refractivity contribution in [3.8, 4) is 0 Å². The number of hydrogen-bond acceptors (Lipinski definition) is 3. The molecular weight excluding hydrogens is 366 g/mol. The number of aryl methyl sites for hydroxylation is 1. The van der Waals surface area contributed by atoms with Crippen molar-refractivity contribution in [1.82, 2.24) is 4.57 Å². The Morgan fingerprint density at radius 1 is 1.23 bits per heavy atom. The van der Waals surface area contributed by atoms with Crippen molar-refractivity contribution in [2.24, 2.45) is 0 Å². The molecule has 0 aliphatic carbocycles. The van der Waals surface area contributed by atoms with Crippen LogP contribution in [0.4, 0.5) is 11.4 Å². The Labute approximate surface area is 163 Å². The van der Waals surface area contributed by atoms with Crippen molar-refractivity contribution < 1.29 is 4.79 Å². The molecular formula is C20H22ClN3OS. The summed E-state index contributed by atoms with van der Waals surface area (Å²) in [6, 6.07) is 11.6. The number of halogens is 1. The molecule has 3 aromatic rings. The Kier molecular flexibility index (Phi) is 5.39. The van der Waals surface area contributed by atoms with Gasteiger partial charge in [0.05, 0.1) is 23.5 Å². The Morgan fingerprint density at radius 2 is 2.00 bits per heavy atom. The van der Waals surface area contributed by atoms with Crippen LogP contribution >= 0.6 is 22.9 Å². The number of nitrogens with zero attached hydrogens (tertiary/aromatic N) is 2. The maximum absolute atomic E-state index is 12.9.